The van der Waals surface area contributed by atoms with E-state index in [4.69, 9.17) is 4.42 Å². The number of halogens is 4. The Morgan fingerprint density at radius 3 is 2.11 bits per heavy atom. The molecule has 0 aliphatic heterocycles. The van der Waals surface area contributed by atoms with Crippen LogP contribution < -0.4 is 0 Å². The molecule has 5 nitrogen and oxygen atoms in total. The van der Waals surface area contributed by atoms with Crippen LogP contribution in [0.15, 0.2) is 71.3 Å². The SMILES string of the molecule is CC(C)CN(CC(=O)N(Cc1ccc(F)cc1)Cc1ccco1)C(=O)c1ccc(C(F)(F)F)cc1. The molecule has 0 radical (unpaired) electrons. The lowest BCUT2D eigenvalue weighted by Gasteiger charge is -2.28. The first-order chi connectivity index (χ1) is 16.5. The first kappa shape index (κ1) is 26.0. The Balaban J connectivity index is 1.81. The van der Waals surface area contributed by atoms with Crippen molar-refractivity contribution >= 4 is 11.8 Å². The number of rotatable bonds is 9. The normalized spacial score (nSPS) is 11.5. The maximum atomic E-state index is 13.3. The Morgan fingerprint density at radius 1 is 0.914 bits per heavy atom. The first-order valence-electron chi connectivity index (χ1n) is 11.0. The van der Waals surface area contributed by atoms with Crippen LogP contribution in [0, 0.1) is 11.7 Å². The average molecular weight is 490 g/mol. The minimum Gasteiger partial charge on any atom is -0.467 e. The number of carbonyl (C=O) groups excluding carboxylic acids is 2. The van der Waals surface area contributed by atoms with Gasteiger partial charge in [0.2, 0.25) is 5.91 Å². The van der Waals surface area contributed by atoms with Crippen molar-refractivity contribution in [2.24, 2.45) is 5.92 Å². The van der Waals surface area contributed by atoms with Crippen molar-refractivity contribution in [3.05, 3.63) is 95.2 Å². The molecule has 1 aromatic heterocycles. The van der Waals surface area contributed by atoms with E-state index < -0.39 is 23.5 Å². The predicted molar refractivity (Wildman–Crippen MR) is 122 cm³/mol. The topological polar surface area (TPSA) is 53.8 Å². The van der Waals surface area contributed by atoms with Gasteiger partial charge in [-0.05, 0) is 60.0 Å². The molecule has 0 unspecified atom stereocenters. The number of amides is 2. The molecule has 0 saturated heterocycles. The Morgan fingerprint density at radius 2 is 1.57 bits per heavy atom. The second-order valence-corrected chi connectivity index (χ2v) is 8.61. The zero-order chi connectivity index (χ0) is 25.6. The highest BCUT2D eigenvalue weighted by atomic mass is 19.4. The van der Waals surface area contributed by atoms with Crippen molar-refractivity contribution in [3.8, 4) is 0 Å². The number of carbonyl (C=O) groups is 2. The lowest BCUT2D eigenvalue weighted by atomic mass is 10.1. The highest BCUT2D eigenvalue weighted by molar-refractivity contribution is 5.96. The molecule has 0 bridgehead atoms. The number of nitrogens with zero attached hydrogens (tertiary/aromatic N) is 2. The molecular formula is C26H26F4N2O3. The molecule has 0 spiro atoms. The number of hydrogen-bond acceptors (Lipinski definition) is 3. The maximum absolute atomic E-state index is 13.3. The zero-order valence-electron chi connectivity index (χ0n) is 19.4. The Bertz CT molecular complexity index is 1110. The van der Waals surface area contributed by atoms with E-state index in [2.05, 4.69) is 0 Å². The van der Waals surface area contributed by atoms with Crippen LogP contribution in [0.2, 0.25) is 0 Å². The van der Waals surface area contributed by atoms with Gasteiger partial charge in [0.15, 0.2) is 0 Å². The number of alkyl halides is 3. The lowest BCUT2D eigenvalue weighted by Crippen LogP contribution is -2.43. The third kappa shape index (κ3) is 7.43. The molecule has 0 aliphatic rings. The van der Waals surface area contributed by atoms with Gasteiger partial charge >= 0.3 is 6.18 Å². The van der Waals surface area contributed by atoms with Gasteiger partial charge in [-0.15, -0.1) is 0 Å². The van der Waals surface area contributed by atoms with E-state index in [0.717, 1.165) is 24.3 Å². The van der Waals surface area contributed by atoms with Gasteiger partial charge in [-0.1, -0.05) is 26.0 Å². The van der Waals surface area contributed by atoms with Gasteiger partial charge in [0.25, 0.3) is 5.91 Å². The van der Waals surface area contributed by atoms with Crippen molar-refractivity contribution in [2.75, 3.05) is 13.1 Å². The molecule has 0 fully saturated rings. The van der Waals surface area contributed by atoms with Crippen LogP contribution in [0.1, 0.15) is 41.1 Å². The molecule has 0 N–H and O–H groups in total. The fraction of sp³-hybridized carbons (Fsp3) is 0.308. The molecule has 9 heteroatoms. The quantitative estimate of drug-likeness (QED) is 0.358. The van der Waals surface area contributed by atoms with E-state index in [0.29, 0.717) is 11.3 Å². The van der Waals surface area contributed by atoms with E-state index in [1.807, 2.05) is 13.8 Å². The van der Waals surface area contributed by atoms with E-state index in [9.17, 15) is 27.2 Å². The summed E-state index contributed by atoms with van der Waals surface area (Å²) in [5.74, 6) is -0.781. The molecule has 35 heavy (non-hydrogen) atoms. The van der Waals surface area contributed by atoms with Crippen molar-refractivity contribution in [2.45, 2.75) is 33.1 Å². The highest BCUT2D eigenvalue weighted by Gasteiger charge is 2.31. The van der Waals surface area contributed by atoms with Crippen LogP contribution in [0.4, 0.5) is 17.6 Å². The van der Waals surface area contributed by atoms with Crippen molar-refractivity contribution < 1.29 is 31.6 Å². The molecule has 0 saturated carbocycles. The molecule has 1 heterocycles. The zero-order valence-corrected chi connectivity index (χ0v) is 19.4. The van der Waals surface area contributed by atoms with Crippen LogP contribution in [0.5, 0.6) is 0 Å². The summed E-state index contributed by atoms with van der Waals surface area (Å²) in [5.41, 5.74) is -0.109. The van der Waals surface area contributed by atoms with Gasteiger partial charge in [0.1, 0.15) is 18.1 Å². The van der Waals surface area contributed by atoms with Crippen LogP contribution >= 0.6 is 0 Å². The number of furan rings is 1. The standard InChI is InChI=1S/C26H26F4N2O3/c1-18(2)14-32(25(34)20-7-9-21(10-8-20)26(28,29)30)17-24(33)31(16-23-4-3-13-35-23)15-19-5-11-22(27)12-6-19/h3-13,18H,14-17H2,1-2H3. The molecular weight excluding hydrogens is 464 g/mol. The van der Waals surface area contributed by atoms with Crippen LogP contribution in [0.25, 0.3) is 0 Å². The summed E-state index contributed by atoms with van der Waals surface area (Å²) in [5, 5.41) is 0. The van der Waals surface area contributed by atoms with E-state index in [1.54, 1.807) is 24.3 Å². The van der Waals surface area contributed by atoms with Crippen LogP contribution in [-0.4, -0.2) is 34.7 Å². The Labute approximate surface area is 200 Å². The smallest absolute Gasteiger partial charge is 0.416 e. The fourth-order valence-electron chi connectivity index (χ4n) is 3.54. The fourth-order valence-corrected chi connectivity index (χ4v) is 3.54. The highest BCUT2D eigenvalue weighted by Crippen LogP contribution is 2.29. The molecule has 3 aromatic rings. The summed E-state index contributed by atoms with van der Waals surface area (Å²) in [6.07, 6.45) is -3.03. The minimum atomic E-state index is -4.51. The van der Waals surface area contributed by atoms with Gasteiger partial charge in [-0.3, -0.25) is 9.59 Å². The average Bonchev–Trinajstić information content (AvgIpc) is 3.31. The Kier molecular flexibility index (Phi) is 8.32. The second-order valence-electron chi connectivity index (χ2n) is 8.61. The van der Waals surface area contributed by atoms with E-state index in [-0.39, 0.29) is 43.6 Å². The summed E-state index contributed by atoms with van der Waals surface area (Å²) in [7, 11) is 0. The summed E-state index contributed by atoms with van der Waals surface area (Å²) in [6.45, 7) is 3.99. The molecule has 2 aromatic carbocycles. The summed E-state index contributed by atoms with van der Waals surface area (Å²) < 4.78 is 57.4. The monoisotopic (exact) mass is 490 g/mol. The first-order valence-corrected chi connectivity index (χ1v) is 11.0. The lowest BCUT2D eigenvalue weighted by molar-refractivity contribution is -0.137. The van der Waals surface area contributed by atoms with Gasteiger partial charge in [-0.25, -0.2) is 4.39 Å². The van der Waals surface area contributed by atoms with Crippen LogP contribution in [0.3, 0.4) is 0 Å². The third-order valence-corrected chi connectivity index (χ3v) is 5.22. The Hall–Kier alpha value is -3.62. The van der Waals surface area contributed by atoms with Gasteiger partial charge in [0, 0.05) is 18.7 Å². The summed E-state index contributed by atoms with van der Waals surface area (Å²) >= 11 is 0. The number of benzene rings is 2. The second kappa shape index (κ2) is 11.2. The molecule has 2 amide bonds. The summed E-state index contributed by atoms with van der Waals surface area (Å²) in [4.78, 5) is 29.3. The maximum Gasteiger partial charge on any atom is 0.416 e. The molecule has 186 valence electrons. The van der Waals surface area contributed by atoms with Gasteiger partial charge in [0.05, 0.1) is 18.4 Å². The van der Waals surface area contributed by atoms with Crippen LogP contribution in [-0.2, 0) is 24.1 Å². The predicted octanol–water partition coefficient (Wildman–Crippen LogP) is 5.76. The van der Waals surface area contributed by atoms with Crippen molar-refractivity contribution in [1.82, 2.24) is 9.80 Å². The summed E-state index contributed by atoms with van der Waals surface area (Å²) in [6, 6.07) is 13.0. The molecule has 3 rings (SSSR count). The van der Waals surface area contributed by atoms with Crippen molar-refractivity contribution in [1.29, 1.82) is 0 Å². The largest absolute Gasteiger partial charge is 0.467 e. The van der Waals surface area contributed by atoms with Gasteiger partial charge < -0.3 is 14.2 Å². The third-order valence-electron chi connectivity index (χ3n) is 5.22. The van der Waals surface area contributed by atoms with E-state index >= 15 is 0 Å². The minimum absolute atomic E-state index is 0.0109. The van der Waals surface area contributed by atoms with Gasteiger partial charge in [-0.2, -0.15) is 13.2 Å². The molecule has 0 aliphatic carbocycles. The molecule has 0 atom stereocenters. The number of hydrogen-bond donors (Lipinski definition) is 0. The van der Waals surface area contributed by atoms with E-state index in [1.165, 1.54) is 28.2 Å². The van der Waals surface area contributed by atoms with Crippen molar-refractivity contribution in [3.63, 3.8) is 0 Å².